The fourth-order valence-corrected chi connectivity index (χ4v) is 2.72. The Labute approximate surface area is 116 Å². The van der Waals surface area contributed by atoms with Crippen LogP contribution in [0.15, 0.2) is 24.3 Å². The maximum Gasteiger partial charge on any atom is 0.0594 e. The predicted octanol–water partition coefficient (Wildman–Crippen LogP) is 2.18. The van der Waals surface area contributed by atoms with Crippen molar-refractivity contribution in [1.29, 1.82) is 0 Å². The minimum atomic E-state index is 0.266. The summed E-state index contributed by atoms with van der Waals surface area (Å²) in [5.74, 6) is 0.466. The first kappa shape index (κ1) is 14.5. The summed E-state index contributed by atoms with van der Waals surface area (Å²) >= 11 is 0. The highest BCUT2D eigenvalue weighted by molar-refractivity contribution is 5.25. The first-order valence-electron chi connectivity index (χ1n) is 7.27. The fourth-order valence-electron chi connectivity index (χ4n) is 2.72. The summed E-state index contributed by atoms with van der Waals surface area (Å²) in [6.07, 6.45) is 1.97. The molecule has 0 aliphatic carbocycles. The predicted molar refractivity (Wildman–Crippen MR) is 77.5 cm³/mol. The van der Waals surface area contributed by atoms with E-state index in [1.807, 2.05) is 0 Å². The molecule has 1 aromatic rings. The van der Waals surface area contributed by atoms with Crippen LogP contribution in [0.1, 0.15) is 29.9 Å². The van der Waals surface area contributed by atoms with Gasteiger partial charge >= 0.3 is 0 Å². The Bertz CT molecular complexity index is 375. The molecule has 106 valence electrons. The number of benzene rings is 1. The molecule has 0 unspecified atom stereocenters. The van der Waals surface area contributed by atoms with E-state index >= 15 is 0 Å². The lowest BCUT2D eigenvalue weighted by Crippen LogP contribution is -2.37. The molecule has 1 atom stereocenters. The molecule has 1 N–H and O–H groups in total. The van der Waals surface area contributed by atoms with Crippen molar-refractivity contribution in [2.24, 2.45) is 0 Å². The molecular formula is C16H25NO2. The van der Waals surface area contributed by atoms with Crippen LogP contribution in [-0.4, -0.2) is 49.5 Å². The van der Waals surface area contributed by atoms with Crippen LogP contribution in [0.4, 0.5) is 0 Å². The topological polar surface area (TPSA) is 32.7 Å². The van der Waals surface area contributed by atoms with Crippen molar-refractivity contribution in [1.82, 2.24) is 4.90 Å². The molecule has 1 saturated heterocycles. The normalized spacial score (nSPS) is 18.4. The van der Waals surface area contributed by atoms with Gasteiger partial charge in [-0.1, -0.05) is 29.8 Å². The van der Waals surface area contributed by atoms with Gasteiger partial charge in [-0.2, -0.15) is 0 Å². The fraction of sp³-hybridized carbons (Fsp3) is 0.625. The molecule has 19 heavy (non-hydrogen) atoms. The minimum Gasteiger partial charge on any atom is -0.396 e. The van der Waals surface area contributed by atoms with Gasteiger partial charge in [0, 0.05) is 19.7 Å². The van der Waals surface area contributed by atoms with Crippen LogP contribution in [0, 0.1) is 6.92 Å². The molecule has 0 aromatic heterocycles. The zero-order valence-corrected chi connectivity index (χ0v) is 11.8. The highest BCUT2D eigenvalue weighted by Gasteiger charge is 2.15. The van der Waals surface area contributed by atoms with Crippen molar-refractivity contribution in [2.45, 2.75) is 25.7 Å². The third-order valence-corrected chi connectivity index (χ3v) is 3.89. The van der Waals surface area contributed by atoms with Gasteiger partial charge < -0.3 is 9.84 Å². The van der Waals surface area contributed by atoms with E-state index in [9.17, 15) is 5.11 Å². The number of rotatable bonds is 6. The van der Waals surface area contributed by atoms with Crippen molar-refractivity contribution in [3.63, 3.8) is 0 Å². The van der Waals surface area contributed by atoms with E-state index in [2.05, 4.69) is 36.1 Å². The maximum absolute atomic E-state index is 9.27. The number of hydrogen-bond donors (Lipinski definition) is 1. The average molecular weight is 263 g/mol. The van der Waals surface area contributed by atoms with E-state index in [0.29, 0.717) is 5.92 Å². The van der Waals surface area contributed by atoms with E-state index in [4.69, 9.17) is 4.74 Å². The summed E-state index contributed by atoms with van der Waals surface area (Å²) in [5, 5.41) is 9.27. The van der Waals surface area contributed by atoms with Crippen molar-refractivity contribution in [2.75, 3.05) is 39.5 Å². The van der Waals surface area contributed by atoms with Crippen molar-refractivity contribution in [3.05, 3.63) is 35.4 Å². The van der Waals surface area contributed by atoms with Gasteiger partial charge in [-0.05, 0) is 37.8 Å². The van der Waals surface area contributed by atoms with Crippen LogP contribution in [0.25, 0.3) is 0 Å². The standard InChI is InChI=1S/C16H25NO2/c1-14-3-2-4-16(13-14)15(6-10-18)5-7-17-8-11-19-12-9-17/h2-4,13,15,18H,5-12H2,1H3/t15-/m1/s1. The van der Waals surface area contributed by atoms with Crippen molar-refractivity contribution >= 4 is 0 Å². The third kappa shape index (κ3) is 4.60. The summed E-state index contributed by atoms with van der Waals surface area (Å²) in [6.45, 7) is 7.29. The van der Waals surface area contributed by atoms with Gasteiger partial charge in [0.15, 0.2) is 0 Å². The van der Waals surface area contributed by atoms with Gasteiger partial charge in [-0.3, -0.25) is 4.90 Å². The van der Waals surface area contributed by atoms with Gasteiger partial charge in [-0.25, -0.2) is 0 Å². The SMILES string of the molecule is Cc1cccc([C@@H](CCO)CCN2CCOCC2)c1. The highest BCUT2D eigenvalue weighted by Crippen LogP contribution is 2.24. The molecule has 1 aromatic carbocycles. The first-order valence-corrected chi connectivity index (χ1v) is 7.27. The Balaban J connectivity index is 1.91. The molecule has 3 nitrogen and oxygen atoms in total. The second-order valence-corrected chi connectivity index (χ2v) is 5.37. The van der Waals surface area contributed by atoms with E-state index in [1.54, 1.807) is 0 Å². The largest absolute Gasteiger partial charge is 0.396 e. The van der Waals surface area contributed by atoms with Gasteiger partial charge in [0.1, 0.15) is 0 Å². The molecule has 0 bridgehead atoms. The molecule has 1 heterocycles. The van der Waals surface area contributed by atoms with Crippen LogP contribution in [0.5, 0.6) is 0 Å². The van der Waals surface area contributed by atoms with Gasteiger partial charge in [0.05, 0.1) is 13.2 Å². The number of aryl methyl sites for hydroxylation is 1. The van der Waals surface area contributed by atoms with Gasteiger partial charge in [0.2, 0.25) is 0 Å². The summed E-state index contributed by atoms with van der Waals surface area (Å²) in [7, 11) is 0. The van der Waals surface area contributed by atoms with Crippen molar-refractivity contribution in [3.8, 4) is 0 Å². The lowest BCUT2D eigenvalue weighted by molar-refractivity contribution is 0.0362. The van der Waals surface area contributed by atoms with E-state index < -0.39 is 0 Å². The number of aliphatic hydroxyl groups is 1. The lowest BCUT2D eigenvalue weighted by Gasteiger charge is -2.28. The smallest absolute Gasteiger partial charge is 0.0594 e. The first-order chi connectivity index (χ1) is 9.29. The number of aliphatic hydroxyl groups excluding tert-OH is 1. The minimum absolute atomic E-state index is 0.266. The lowest BCUT2D eigenvalue weighted by atomic mass is 9.91. The second-order valence-electron chi connectivity index (χ2n) is 5.37. The Morgan fingerprint density at radius 1 is 1.26 bits per heavy atom. The molecule has 1 aliphatic rings. The number of nitrogens with zero attached hydrogens (tertiary/aromatic N) is 1. The van der Waals surface area contributed by atoms with Crippen LogP contribution in [-0.2, 0) is 4.74 Å². The monoisotopic (exact) mass is 263 g/mol. The van der Waals surface area contributed by atoms with Crippen LogP contribution in [0.3, 0.4) is 0 Å². The van der Waals surface area contributed by atoms with Crippen molar-refractivity contribution < 1.29 is 9.84 Å². The third-order valence-electron chi connectivity index (χ3n) is 3.89. The number of hydrogen-bond acceptors (Lipinski definition) is 3. The number of morpholine rings is 1. The van der Waals surface area contributed by atoms with E-state index in [-0.39, 0.29) is 6.61 Å². The van der Waals surface area contributed by atoms with E-state index in [1.165, 1.54) is 11.1 Å². The number of ether oxygens (including phenoxy) is 1. The molecule has 0 radical (unpaired) electrons. The molecule has 1 fully saturated rings. The summed E-state index contributed by atoms with van der Waals surface area (Å²) in [5.41, 5.74) is 2.66. The second kappa shape index (κ2) is 7.63. The quantitative estimate of drug-likeness (QED) is 0.854. The molecule has 0 amide bonds. The molecule has 0 spiro atoms. The Morgan fingerprint density at radius 3 is 2.74 bits per heavy atom. The molecule has 3 heteroatoms. The average Bonchev–Trinajstić information content (AvgIpc) is 2.44. The van der Waals surface area contributed by atoms with E-state index in [0.717, 1.165) is 45.7 Å². The summed E-state index contributed by atoms with van der Waals surface area (Å²) in [4.78, 5) is 2.46. The van der Waals surface area contributed by atoms with Crippen LogP contribution in [0.2, 0.25) is 0 Å². The summed E-state index contributed by atoms with van der Waals surface area (Å²) in [6, 6.07) is 8.68. The maximum atomic E-state index is 9.27. The highest BCUT2D eigenvalue weighted by atomic mass is 16.5. The van der Waals surface area contributed by atoms with Gasteiger partial charge in [-0.15, -0.1) is 0 Å². The molecular weight excluding hydrogens is 238 g/mol. The zero-order chi connectivity index (χ0) is 13.5. The zero-order valence-electron chi connectivity index (χ0n) is 11.8. The Kier molecular flexibility index (Phi) is 5.83. The summed E-state index contributed by atoms with van der Waals surface area (Å²) < 4.78 is 5.37. The molecule has 2 rings (SSSR count). The molecule has 0 saturated carbocycles. The van der Waals surface area contributed by atoms with Crippen LogP contribution < -0.4 is 0 Å². The Hall–Kier alpha value is -0.900. The van der Waals surface area contributed by atoms with Crippen LogP contribution >= 0.6 is 0 Å². The molecule has 1 aliphatic heterocycles. The Morgan fingerprint density at radius 2 is 2.05 bits per heavy atom. The van der Waals surface area contributed by atoms with Gasteiger partial charge in [0.25, 0.3) is 0 Å².